The van der Waals surface area contributed by atoms with Gasteiger partial charge in [0.05, 0.1) is 22.4 Å². The third-order valence-corrected chi connectivity index (χ3v) is 6.70. The second-order valence-electron chi connectivity index (χ2n) is 9.26. The van der Waals surface area contributed by atoms with E-state index < -0.39 is 11.9 Å². The van der Waals surface area contributed by atoms with Crippen molar-refractivity contribution in [2.75, 3.05) is 4.90 Å². The van der Waals surface area contributed by atoms with E-state index in [9.17, 15) is 14.4 Å². The van der Waals surface area contributed by atoms with Crippen molar-refractivity contribution in [3.8, 4) is 0 Å². The highest BCUT2D eigenvalue weighted by molar-refractivity contribution is 6.34. The predicted molar refractivity (Wildman–Crippen MR) is 119 cm³/mol. The second-order valence-corrected chi connectivity index (χ2v) is 9.26. The standard InChI is InChI=1S/C26H29NO4/c1-15(2)19-11-9-16(3)13-23(19)31-26(30)18-10-12-20-21(14-18)25(29)27(24(20)28)22-8-6-5-7-17(22)4/h5-8,10,12,14-16,19,23H,9,11,13H2,1-4H3/t16-,19-,23+/m1/s1. The maximum Gasteiger partial charge on any atom is 0.338 e. The lowest BCUT2D eigenvalue weighted by Crippen LogP contribution is -2.35. The number of nitrogens with zero attached hydrogens (tertiary/aromatic N) is 1. The van der Waals surface area contributed by atoms with E-state index in [1.807, 2.05) is 19.1 Å². The Kier molecular flexibility index (Phi) is 5.69. The number of amides is 2. The number of hydrogen-bond donors (Lipinski definition) is 0. The summed E-state index contributed by atoms with van der Waals surface area (Å²) < 4.78 is 5.93. The third kappa shape index (κ3) is 3.89. The number of imide groups is 1. The lowest BCUT2D eigenvalue weighted by atomic mass is 9.75. The van der Waals surface area contributed by atoms with Crippen LogP contribution in [0.15, 0.2) is 42.5 Å². The summed E-state index contributed by atoms with van der Waals surface area (Å²) in [5.41, 5.74) is 2.28. The highest BCUT2D eigenvalue weighted by atomic mass is 16.5. The lowest BCUT2D eigenvalue weighted by molar-refractivity contribution is -0.0174. The average molecular weight is 420 g/mol. The molecular weight excluding hydrogens is 390 g/mol. The minimum atomic E-state index is -0.429. The Balaban J connectivity index is 1.58. The van der Waals surface area contributed by atoms with Crippen LogP contribution >= 0.6 is 0 Å². The number of aryl methyl sites for hydroxylation is 1. The molecule has 4 rings (SSSR count). The van der Waals surface area contributed by atoms with Gasteiger partial charge in [0.25, 0.3) is 11.8 Å². The smallest absolute Gasteiger partial charge is 0.338 e. The Labute approximate surface area is 183 Å². The van der Waals surface area contributed by atoms with Crippen molar-refractivity contribution in [2.24, 2.45) is 17.8 Å². The second kappa shape index (κ2) is 8.29. The zero-order chi connectivity index (χ0) is 22.3. The van der Waals surface area contributed by atoms with Crippen molar-refractivity contribution in [2.45, 2.75) is 53.1 Å². The summed E-state index contributed by atoms with van der Waals surface area (Å²) in [5, 5.41) is 0. The van der Waals surface area contributed by atoms with Crippen molar-refractivity contribution in [1.82, 2.24) is 0 Å². The Morgan fingerprint density at radius 1 is 1.03 bits per heavy atom. The minimum absolute atomic E-state index is 0.120. The van der Waals surface area contributed by atoms with Crippen molar-refractivity contribution >= 4 is 23.5 Å². The topological polar surface area (TPSA) is 63.7 Å². The monoisotopic (exact) mass is 419 g/mol. The number of rotatable bonds is 4. The summed E-state index contributed by atoms with van der Waals surface area (Å²) in [7, 11) is 0. The molecule has 2 aromatic rings. The summed E-state index contributed by atoms with van der Waals surface area (Å²) in [4.78, 5) is 40.1. The molecular formula is C26H29NO4. The Morgan fingerprint density at radius 2 is 1.74 bits per heavy atom. The number of anilines is 1. The highest BCUT2D eigenvalue weighted by Crippen LogP contribution is 2.36. The average Bonchev–Trinajstić information content (AvgIpc) is 2.98. The van der Waals surface area contributed by atoms with Crippen LogP contribution in [0.4, 0.5) is 5.69 Å². The van der Waals surface area contributed by atoms with E-state index in [4.69, 9.17) is 4.74 Å². The van der Waals surface area contributed by atoms with E-state index in [0.717, 1.165) is 24.8 Å². The van der Waals surface area contributed by atoms with Crippen LogP contribution in [-0.4, -0.2) is 23.9 Å². The summed E-state index contributed by atoms with van der Waals surface area (Å²) in [6, 6.07) is 11.9. The minimum Gasteiger partial charge on any atom is -0.458 e. The van der Waals surface area contributed by atoms with Crippen LogP contribution < -0.4 is 4.90 Å². The van der Waals surface area contributed by atoms with Gasteiger partial charge in [0.2, 0.25) is 0 Å². The number of hydrogen-bond acceptors (Lipinski definition) is 4. The Bertz CT molecular complexity index is 1040. The molecule has 1 aliphatic heterocycles. The number of benzene rings is 2. The van der Waals surface area contributed by atoms with Gasteiger partial charge >= 0.3 is 5.97 Å². The van der Waals surface area contributed by atoms with Crippen molar-refractivity contribution in [3.05, 3.63) is 64.7 Å². The van der Waals surface area contributed by atoms with Crippen LogP contribution in [-0.2, 0) is 4.74 Å². The largest absolute Gasteiger partial charge is 0.458 e. The van der Waals surface area contributed by atoms with E-state index in [0.29, 0.717) is 34.6 Å². The molecule has 3 atom stereocenters. The summed E-state index contributed by atoms with van der Waals surface area (Å²) >= 11 is 0. The first kappa shape index (κ1) is 21.3. The molecule has 0 aromatic heterocycles. The van der Waals surface area contributed by atoms with Gasteiger partial charge in [0.1, 0.15) is 6.10 Å². The number of esters is 1. The first-order chi connectivity index (χ1) is 14.8. The normalized spacial score (nSPS) is 23.3. The molecule has 1 fully saturated rings. The fourth-order valence-corrected chi connectivity index (χ4v) is 4.86. The number of para-hydroxylation sites is 1. The molecule has 0 N–H and O–H groups in total. The van der Waals surface area contributed by atoms with E-state index in [2.05, 4.69) is 20.8 Å². The van der Waals surface area contributed by atoms with Crippen molar-refractivity contribution < 1.29 is 19.1 Å². The molecule has 5 heteroatoms. The van der Waals surface area contributed by atoms with Crippen LogP contribution in [0.5, 0.6) is 0 Å². The van der Waals surface area contributed by atoms with E-state index in [1.54, 1.807) is 24.3 Å². The van der Waals surface area contributed by atoms with Gasteiger partial charge in [-0.05, 0) is 67.3 Å². The Hall–Kier alpha value is -2.95. The van der Waals surface area contributed by atoms with Crippen molar-refractivity contribution in [1.29, 1.82) is 0 Å². The molecule has 31 heavy (non-hydrogen) atoms. The van der Waals surface area contributed by atoms with Gasteiger partial charge in [-0.15, -0.1) is 0 Å². The zero-order valence-corrected chi connectivity index (χ0v) is 18.6. The van der Waals surface area contributed by atoms with Crippen LogP contribution in [0, 0.1) is 24.7 Å². The molecule has 1 saturated carbocycles. The fourth-order valence-electron chi connectivity index (χ4n) is 4.86. The maximum absolute atomic E-state index is 13.1. The SMILES string of the molecule is Cc1ccccc1N1C(=O)c2ccc(C(=O)O[C@H]3C[C@H](C)CC[C@@H]3C(C)C)cc2C1=O. The first-order valence-electron chi connectivity index (χ1n) is 11.1. The van der Waals surface area contributed by atoms with Gasteiger partial charge in [0, 0.05) is 0 Å². The zero-order valence-electron chi connectivity index (χ0n) is 18.6. The van der Waals surface area contributed by atoms with Gasteiger partial charge in [-0.2, -0.15) is 0 Å². The molecule has 0 bridgehead atoms. The number of carbonyl (C=O) groups excluding carboxylic acids is 3. The third-order valence-electron chi connectivity index (χ3n) is 6.70. The molecule has 0 spiro atoms. The van der Waals surface area contributed by atoms with Crippen LogP contribution in [0.2, 0.25) is 0 Å². The fraction of sp³-hybridized carbons (Fsp3) is 0.423. The van der Waals surface area contributed by atoms with Gasteiger partial charge in [-0.25, -0.2) is 9.69 Å². The van der Waals surface area contributed by atoms with E-state index >= 15 is 0 Å². The quantitative estimate of drug-likeness (QED) is 0.491. The molecule has 1 heterocycles. The predicted octanol–water partition coefficient (Wildman–Crippen LogP) is 5.41. The number of fused-ring (bicyclic) bond motifs is 1. The van der Waals surface area contributed by atoms with Gasteiger partial charge in [0.15, 0.2) is 0 Å². The summed E-state index contributed by atoms with van der Waals surface area (Å²) in [6.45, 7) is 8.39. The number of carbonyl (C=O) groups is 3. The molecule has 2 amide bonds. The maximum atomic E-state index is 13.1. The molecule has 5 nitrogen and oxygen atoms in total. The molecule has 1 aliphatic carbocycles. The van der Waals surface area contributed by atoms with Gasteiger partial charge < -0.3 is 4.74 Å². The van der Waals surface area contributed by atoms with Crippen LogP contribution in [0.25, 0.3) is 0 Å². The molecule has 2 aromatic carbocycles. The van der Waals surface area contributed by atoms with Crippen LogP contribution in [0.3, 0.4) is 0 Å². The van der Waals surface area contributed by atoms with Crippen LogP contribution in [0.1, 0.15) is 76.7 Å². The van der Waals surface area contributed by atoms with Gasteiger partial charge in [-0.3, -0.25) is 9.59 Å². The molecule has 162 valence electrons. The lowest BCUT2D eigenvalue weighted by Gasteiger charge is -2.36. The first-order valence-corrected chi connectivity index (χ1v) is 11.1. The highest BCUT2D eigenvalue weighted by Gasteiger charge is 2.38. The molecule has 0 unspecified atom stereocenters. The van der Waals surface area contributed by atoms with E-state index in [-0.39, 0.29) is 17.6 Å². The van der Waals surface area contributed by atoms with Gasteiger partial charge in [-0.1, -0.05) is 45.4 Å². The molecule has 2 aliphatic rings. The summed E-state index contributed by atoms with van der Waals surface area (Å²) in [5.74, 6) is 0.101. The molecule has 0 radical (unpaired) electrons. The van der Waals surface area contributed by atoms with Crippen molar-refractivity contribution in [3.63, 3.8) is 0 Å². The summed E-state index contributed by atoms with van der Waals surface area (Å²) in [6.07, 6.45) is 2.95. The van der Waals surface area contributed by atoms with E-state index in [1.165, 1.54) is 11.0 Å². The number of ether oxygens (including phenoxy) is 1. The Morgan fingerprint density at radius 3 is 2.45 bits per heavy atom. The molecule has 0 saturated heterocycles.